The van der Waals surface area contributed by atoms with Gasteiger partial charge in [-0.2, -0.15) is 0 Å². The molecule has 0 aromatic carbocycles. The highest BCUT2D eigenvalue weighted by Gasteiger charge is 2.47. The van der Waals surface area contributed by atoms with E-state index in [2.05, 4.69) is 13.8 Å². The van der Waals surface area contributed by atoms with Crippen molar-refractivity contribution in [3.8, 4) is 0 Å². The lowest BCUT2D eigenvalue weighted by Crippen LogP contribution is -2.17. The highest BCUT2D eigenvalue weighted by molar-refractivity contribution is 5.78. The van der Waals surface area contributed by atoms with E-state index in [1.165, 1.54) is 25.7 Å². The lowest BCUT2D eigenvalue weighted by atomic mass is 9.84. The van der Waals surface area contributed by atoms with Crippen LogP contribution in [-0.2, 0) is 14.3 Å². The predicted octanol–water partition coefficient (Wildman–Crippen LogP) is 4.28. The van der Waals surface area contributed by atoms with Crippen molar-refractivity contribution in [3.05, 3.63) is 0 Å². The van der Waals surface area contributed by atoms with Crippen LogP contribution in [0.25, 0.3) is 0 Å². The van der Waals surface area contributed by atoms with Gasteiger partial charge < -0.3 is 4.74 Å². The van der Waals surface area contributed by atoms with Gasteiger partial charge in [-0.1, -0.05) is 39.5 Å². The number of carbonyl (C=O) groups excluding carboxylic acids is 2. The van der Waals surface area contributed by atoms with Crippen LogP contribution < -0.4 is 0 Å². The highest BCUT2D eigenvalue weighted by atomic mass is 16.6. The third kappa shape index (κ3) is 4.55. The van der Waals surface area contributed by atoms with Gasteiger partial charge in [-0.3, -0.25) is 9.59 Å². The fourth-order valence-electron chi connectivity index (χ4n) is 4.12. The number of esters is 1. The minimum absolute atomic E-state index is 0.0378. The number of fused-ring (bicyclic) bond motifs is 1. The van der Waals surface area contributed by atoms with E-state index in [1.54, 1.807) is 0 Å². The van der Waals surface area contributed by atoms with Crippen LogP contribution in [0.15, 0.2) is 0 Å². The Morgan fingerprint density at radius 2 is 1.95 bits per heavy atom. The van der Waals surface area contributed by atoms with E-state index in [9.17, 15) is 9.59 Å². The third-order valence-corrected chi connectivity index (χ3v) is 5.36. The summed E-state index contributed by atoms with van der Waals surface area (Å²) in [6.07, 6.45) is 10.1. The van der Waals surface area contributed by atoms with Crippen LogP contribution in [0.1, 0.15) is 78.1 Å². The normalized spacial score (nSPS) is 31.2. The fourth-order valence-corrected chi connectivity index (χ4v) is 4.12. The summed E-state index contributed by atoms with van der Waals surface area (Å²) in [5, 5.41) is 0. The van der Waals surface area contributed by atoms with Gasteiger partial charge >= 0.3 is 5.97 Å². The summed E-state index contributed by atoms with van der Waals surface area (Å²) in [5.74, 6) is 1.84. The molecule has 1 saturated carbocycles. The summed E-state index contributed by atoms with van der Waals surface area (Å²) >= 11 is 0. The topological polar surface area (TPSA) is 43.4 Å². The molecule has 0 amide bonds. The Kier molecular flexibility index (Phi) is 6.25. The molecule has 4 atom stereocenters. The van der Waals surface area contributed by atoms with E-state index < -0.39 is 0 Å². The molecule has 0 aromatic heterocycles. The maximum Gasteiger partial charge on any atom is 0.306 e. The van der Waals surface area contributed by atoms with Crippen molar-refractivity contribution in [1.29, 1.82) is 0 Å². The van der Waals surface area contributed by atoms with Crippen molar-refractivity contribution in [2.24, 2.45) is 17.8 Å². The molecule has 1 heterocycles. The predicted molar refractivity (Wildman–Crippen MR) is 82.9 cm³/mol. The molecule has 2 fully saturated rings. The summed E-state index contributed by atoms with van der Waals surface area (Å²) in [6, 6.07) is 0. The first-order valence-corrected chi connectivity index (χ1v) is 8.83. The van der Waals surface area contributed by atoms with Crippen molar-refractivity contribution in [1.82, 2.24) is 0 Å². The summed E-state index contributed by atoms with van der Waals surface area (Å²) in [4.78, 5) is 23.4. The molecule has 0 spiro atoms. The number of unbranched alkanes of at least 4 members (excludes halogenated alkanes) is 4. The Morgan fingerprint density at radius 3 is 2.71 bits per heavy atom. The monoisotopic (exact) mass is 294 g/mol. The van der Waals surface area contributed by atoms with Crippen molar-refractivity contribution >= 4 is 11.8 Å². The Bertz CT molecular complexity index is 363. The zero-order chi connectivity index (χ0) is 15.2. The first-order chi connectivity index (χ1) is 10.1. The van der Waals surface area contributed by atoms with Gasteiger partial charge in [-0.25, -0.2) is 0 Å². The number of carbonyl (C=O) groups is 2. The van der Waals surface area contributed by atoms with Crippen molar-refractivity contribution in [2.75, 3.05) is 0 Å². The maximum absolute atomic E-state index is 12.0. The van der Waals surface area contributed by atoms with Gasteiger partial charge in [0.05, 0.1) is 6.42 Å². The van der Waals surface area contributed by atoms with Gasteiger partial charge in [-0.15, -0.1) is 0 Å². The number of hydrogen-bond acceptors (Lipinski definition) is 3. The van der Waals surface area contributed by atoms with Gasteiger partial charge in [0.15, 0.2) is 0 Å². The summed E-state index contributed by atoms with van der Waals surface area (Å²) in [5.41, 5.74) is 0. The molecule has 1 aliphatic carbocycles. The molecular formula is C18H30O3. The Hall–Kier alpha value is -0.860. The average Bonchev–Trinajstić information content (AvgIpc) is 2.91. The second-order valence-electron chi connectivity index (χ2n) is 7.01. The molecule has 0 bridgehead atoms. The lowest BCUT2D eigenvalue weighted by molar-refractivity contribution is -0.141. The number of rotatable bonds is 9. The SMILES string of the molecule is CCCCCCCC(=O)CC[C@H]1C(C)CC2OC(=O)C[C@@H]21. The number of ketones is 1. The van der Waals surface area contributed by atoms with E-state index in [0.29, 0.717) is 36.4 Å². The van der Waals surface area contributed by atoms with Crippen LogP contribution in [0.3, 0.4) is 0 Å². The van der Waals surface area contributed by atoms with Gasteiger partial charge in [0, 0.05) is 18.8 Å². The molecule has 120 valence electrons. The van der Waals surface area contributed by atoms with Gasteiger partial charge in [-0.05, 0) is 31.1 Å². The van der Waals surface area contributed by atoms with Crippen molar-refractivity contribution < 1.29 is 14.3 Å². The van der Waals surface area contributed by atoms with Gasteiger partial charge in [0.25, 0.3) is 0 Å². The van der Waals surface area contributed by atoms with Crippen LogP contribution in [-0.4, -0.2) is 17.9 Å². The summed E-state index contributed by atoms with van der Waals surface area (Å²) < 4.78 is 5.37. The molecule has 0 N–H and O–H groups in total. The zero-order valence-corrected chi connectivity index (χ0v) is 13.6. The van der Waals surface area contributed by atoms with Crippen LogP contribution in [0.4, 0.5) is 0 Å². The summed E-state index contributed by atoms with van der Waals surface area (Å²) in [7, 11) is 0. The van der Waals surface area contributed by atoms with Gasteiger partial charge in [0.2, 0.25) is 0 Å². The molecule has 3 heteroatoms. The van der Waals surface area contributed by atoms with E-state index in [-0.39, 0.29) is 12.1 Å². The van der Waals surface area contributed by atoms with Crippen molar-refractivity contribution in [2.45, 2.75) is 84.2 Å². The van der Waals surface area contributed by atoms with Crippen LogP contribution >= 0.6 is 0 Å². The fraction of sp³-hybridized carbons (Fsp3) is 0.889. The highest BCUT2D eigenvalue weighted by Crippen LogP contribution is 2.46. The molecular weight excluding hydrogens is 264 g/mol. The van der Waals surface area contributed by atoms with Crippen LogP contribution in [0, 0.1) is 17.8 Å². The zero-order valence-electron chi connectivity index (χ0n) is 13.6. The van der Waals surface area contributed by atoms with E-state index >= 15 is 0 Å². The minimum Gasteiger partial charge on any atom is -0.462 e. The van der Waals surface area contributed by atoms with Crippen LogP contribution in [0.5, 0.6) is 0 Å². The molecule has 2 unspecified atom stereocenters. The van der Waals surface area contributed by atoms with E-state index in [1.807, 2.05) is 0 Å². The molecule has 2 rings (SSSR count). The van der Waals surface area contributed by atoms with E-state index in [4.69, 9.17) is 4.74 Å². The Morgan fingerprint density at radius 1 is 1.19 bits per heavy atom. The smallest absolute Gasteiger partial charge is 0.306 e. The molecule has 0 radical (unpaired) electrons. The molecule has 1 aliphatic heterocycles. The second-order valence-corrected chi connectivity index (χ2v) is 7.01. The molecule has 21 heavy (non-hydrogen) atoms. The molecule has 3 nitrogen and oxygen atoms in total. The van der Waals surface area contributed by atoms with E-state index in [0.717, 1.165) is 25.7 Å². The van der Waals surface area contributed by atoms with Crippen molar-refractivity contribution in [3.63, 3.8) is 0 Å². The average molecular weight is 294 g/mol. The first-order valence-electron chi connectivity index (χ1n) is 8.83. The molecule has 1 saturated heterocycles. The lowest BCUT2D eigenvalue weighted by Gasteiger charge is -2.19. The molecule has 2 aliphatic rings. The largest absolute Gasteiger partial charge is 0.462 e. The Labute approximate surface area is 128 Å². The summed E-state index contributed by atoms with van der Waals surface area (Å²) in [6.45, 7) is 4.45. The Balaban J connectivity index is 1.65. The molecule has 0 aromatic rings. The first kappa shape index (κ1) is 16.5. The minimum atomic E-state index is -0.0378. The maximum atomic E-state index is 12.0. The number of hydrogen-bond donors (Lipinski definition) is 0. The number of Topliss-reactive ketones (excluding diaryl/α,β-unsaturated/α-hetero) is 1. The quantitative estimate of drug-likeness (QED) is 0.471. The number of ether oxygens (including phenoxy) is 1. The third-order valence-electron chi connectivity index (χ3n) is 5.36. The van der Waals surface area contributed by atoms with Crippen LogP contribution in [0.2, 0.25) is 0 Å². The standard InChI is InChI=1S/C18H30O3/c1-3-4-5-6-7-8-14(19)9-10-15-13(2)11-17-16(15)12-18(20)21-17/h13,15-17H,3-12H2,1-2H3/t13?,15-,16+,17?/m0/s1. The van der Waals surface area contributed by atoms with Gasteiger partial charge in [0.1, 0.15) is 11.9 Å². The second kappa shape index (κ2) is 7.95.